The van der Waals surface area contributed by atoms with Crippen molar-refractivity contribution >= 4 is 39.2 Å². The van der Waals surface area contributed by atoms with Crippen molar-refractivity contribution < 1.29 is 69.1 Å². The van der Waals surface area contributed by atoms with E-state index in [1.54, 1.807) is 42.3 Å². The van der Waals surface area contributed by atoms with Gasteiger partial charge in [-0.1, -0.05) is 29.5 Å². The molecular formula is C20H18KN5O4S2. The van der Waals surface area contributed by atoms with Gasteiger partial charge >= 0.3 is 51.4 Å². The smallest absolute Gasteiger partial charge is 0.748 e. The molecule has 160 valence electrons. The molecule has 0 aliphatic carbocycles. The number of hydrogen-bond acceptors (Lipinski definition) is 9. The maximum absolute atomic E-state index is 11.2. The van der Waals surface area contributed by atoms with Crippen LogP contribution in [0.3, 0.4) is 0 Å². The van der Waals surface area contributed by atoms with Crippen molar-refractivity contribution in [1.29, 1.82) is 0 Å². The van der Waals surface area contributed by atoms with Gasteiger partial charge < -0.3 is 9.29 Å². The van der Waals surface area contributed by atoms with Gasteiger partial charge in [0.15, 0.2) is 0 Å². The van der Waals surface area contributed by atoms with Crippen molar-refractivity contribution in [1.82, 2.24) is 14.8 Å². The number of allylic oxidation sites excluding steroid dienone is 1. The van der Waals surface area contributed by atoms with Gasteiger partial charge in [0.05, 0.1) is 39.2 Å². The van der Waals surface area contributed by atoms with Gasteiger partial charge in [0, 0.05) is 17.5 Å². The molecule has 0 unspecified atom stereocenters. The van der Waals surface area contributed by atoms with E-state index in [4.69, 9.17) is 4.74 Å². The fourth-order valence-electron chi connectivity index (χ4n) is 3.16. The van der Waals surface area contributed by atoms with Crippen LogP contribution in [-0.4, -0.2) is 46.5 Å². The van der Waals surface area contributed by atoms with Crippen LogP contribution in [0, 0.1) is 13.8 Å². The third-order valence-electron chi connectivity index (χ3n) is 4.37. The minimum Gasteiger partial charge on any atom is -0.748 e. The van der Waals surface area contributed by atoms with Gasteiger partial charge in [-0.2, -0.15) is 5.10 Å². The number of rotatable bonds is 5. The molecule has 9 nitrogen and oxygen atoms in total. The van der Waals surface area contributed by atoms with E-state index in [9.17, 15) is 13.0 Å². The second-order valence-electron chi connectivity index (χ2n) is 6.88. The zero-order chi connectivity index (χ0) is 22.2. The average Bonchev–Trinajstić information content (AvgIpc) is 3.39. The number of aliphatic imine (C=N–C) groups is 2. The first kappa shape index (κ1) is 25.1. The Morgan fingerprint density at radius 2 is 2.00 bits per heavy atom. The zero-order valence-electron chi connectivity index (χ0n) is 17.9. The molecule has 2 aromatic heterocycles. The molecule has 0 radical (unpaired) electrons. The molecule has 1 aliphatic heterocycles. The summed E-state index contributed by atoms with van der Waals surface area (Å²) in [6, 6.07) is 8.63. The minimum absolute atomic E-state index is 0. The van der Waals surface area contributed by atoms with E-state index in [0.29, 0.717) is 33.7 Å². The van der Waals surface area contributed by atoms with Gasteiger partial charge in [0.2, 0.25) is 0 Å². The van der Waals surface area contributed by atoms with Crippen LogP contribution in [0.25, 0.3) is 6.08 Å². The summed E-state index contributed by atoms with van der Waals surface area (Å²) in [4.78, 5) is 14.3. The van der Waals surface area contributed by atoms with Crippen molar-refractivity contribution in [2.45, 2.75) is 19.6 Å². The molecule has 0 saturated carbocycles. The Labute approximate surface area is 232 Å². The van der Waals surface area contributed by atoms with E-state index in [1.807, 2.05) is 26.0 Å². The van der Waals surface area contributed by atoms with Crippen molar-refractivity contribution in [2.75, 3.05) is 7.11 Å². The van der Waals surface area contributed by atoms with Crippen LogP contribution in [0.4, 0.5) is 0 Å². The SMILES string of the molecule is COc1ncc(C=C2N=C(n3nc(C)cc3C)N=C2c2cccc(CS(=O)(=O)[O-])c2)s1.[K+]. The summed E-state index contributed by atoms with van der Waals surface area (Å²) in [5.74, 6) is -0.199. The molecule has 3 aromatic rings. The van der Waals surface area contributed by atoms with Gasteiger partial charge in [-0.25, -0.2) is 28.1 Å². The Morgan fingerprint density at radius 3 is 2.62 bits per heavy atom. The number of methoxy groups -OCH3 is 1. The topological polar surface area (TPSA) is 122 Å². The normalized spacial score (nSPS) is 14.8. The maximum atomic E-state index is 11.2. The number of aryl methyl sites for hydroxylation is 2. The molecule has 4 rings (SSSR count). The number of aromatic nitrogens is 3. The number of ether oxygens (including phenoxy) is 1. The van der Waals surface area contributed by atoms with E-state index in [2.05, 4.69) is 20.1 Å². The Morgan fingerprint density at radius 1 is 1.22 bits per heavy atom. The average molecular weight is 496 g/mol. The second kappa shape index (κ2) is 10.2. The first-order chi connectivity index (χ1) is 14.7. The number of nitrogens with zero attached hydrogens (tertiary/aromatic N) is 5. The largest absolute Gasteiger partial charge is 1.00 e. The van der Waals surface area contributed by atoms with Gasteiger partial charge in [-0.15, -0.1) is 0 Å². The summed E-state index contributed by atoms with van der Waals surface area (Å²) < 4.78 is 40.4. The fraction of sp³-hybridized carbons (Fsp3) is 0.200. The van der Waals surface area contributed by atoms with Crippen molar-refractivity contribution in [3.05, 3.63) is 69.6 Å². The first-order valence-corrected chi connectivity index (χ1v) is 11.6. The minimum atomic E-state index is -4.40. The molecule has 0 bridgehead atoms. The molecule has 0 saturated heterocycles. The van der Waals surface area contributed by atoms with E-state index in [1.165, 1.54) is 11.3 Å². The summed E-state index contributed by atoms with van der Waals surface area (Å²) in [5, 5.41) is 4.97. The molecule has 0 atom stereocenters. The molecule has 1 aromatic carbocycles. The zero-order valence-corrected chi connectivity index (χ0v) is 22.7. The van der Waals surface area contributed by atoms with Crippen LogP contribution in [-0.2, 0) is 15.9 Å². The summed E-state index contributed by atoms with van der Waals surface area (Å²) in [6.45, 7) is 3.80. The van der Waals surface area contributed by atoms with E-state index in [0.717, 1.165) is 16.3 Å². The molecule has 0 fully saturated rings. The standard InChI is InChI=1S/C20H19N5O4S2.K/c1-12-7-13(2)25(24-12)19-22-17(9-16-10-21-20(29-3)30-16)18(23-19)15-6-4-5-14(8-15)11-31(26,27)28;/h4-10H,11H2,1-3H3,(H,26,27,28);/q;+1/p-1. The van der Waals surface area contributed by atoms with Gasteiger partial charge in [-0.05, 0) is 37.6 Å². The molecule has 1 aliphatic rings. The molecule has 12 heteroatoms. The van der Waals surface area contributed by atoms with Gasteiger partial charge in [0.1, 0.15) is 5.71 Å². The predicted molar refractivity (Wildman–Crippen MR) is 118 cm³/mol. The van der Waals surface area contributed by atoms with E-state index in [-0.39, 0.29) is 51.4 Å². The van der Waals surface area contributed by atoms with Crippen LogP contribution in [0.15, 0.2) is 52.2 Å². The quantitative estimate of drug-likeness (QED) is 0.356. The number of benzene rings is 1. The summed E-state index contributed by atoms with van der Waals surface area (Å²) in [6.07, 6.45) is 3.50. The van der Waals surface area contributed by atoms with E-state index < -0.39 is 15.9 Å². The summed E-state index contributed by atoms with van der Waals surface area (Å²) in [5.41, 5.74) is 3.85. The number of hydrogen-bond donors (Lipinski definition) is 0. The molecular weight excluding hydrogens is 477 g/mol. The van der Waals surface area contributed by atoms with Crippen molar-refractivity contribution in [3.63, 3.8) is 0 Å². The fourth-order valence-corrected chi connectivity index (χ4v) is 4.41. The molecule has 3 heterocycles. The third-order valence-corrected chi connectivity index (χ3v) is 5.97. The van der Waals surface area contributed by atoms with Crippen LogP contribution in [0.2, 0.25) is 0 Å². The van der Waals surface area contributed by atoms with Crippen LogP contribution in [0.1, 0.15) is 27.4 Å². The molecule has 0 spiro atoms. The van der Waals surface area contributed by atoms with Crippen LogP contribution < -0.4 is 56.1 Å². The van der Waals surface area contributed by atoms with Crippen LogP contribution in [0.5, 0.6) is 5.19 Å². The van der Waals surface area contributed by atoms with Crippen molar-refractivity contribution in [2.24, 2.45) is 9.98 Å². The van der Waals surface area contributed by atoms with E-state index >= 15 is 0 Å². The maximum Gasteiger partial charge on any atom is 1.00 e. The molecule has 0 amide bonds. The van der Waals surface area contributed by atoms with Crippen LogP contribution >= 0.6 is 11.3 Å². The number of thiazole rings is 1. The molecule has 0 N–H and O–H groups in total. The van der Waals surface area contributed by atoms with Gasteiger partial charge in [-0.3, -0.25) is 0 Å². The Balaban J connectivity index is 0.00000289. The Kier molecular flexibility index (Phi) is 7.99. The monoisotopic (exact) mass is 495 g/mol. The Bertz CT molecular complexity index is 1360. The molecule has 32 heavy (non-hydrogen) atoms. The first-order valence-electron chi connectivity index (χ1n) is 9.17. The second-order valence-corrected chi connectivity index (χ2v) is 9.30. The van der Waals surface area contributed by atoms with Gasteiger partial charge in [0.25, 0.3) is 11.2 Å². The summed E-state index contributed by atoms with van der Waals surface area (Å²) in [7, 11) is -2.86. The Hall–Kier alpha value is -1.51. The third kappa shape index (κ3) is 5.88. The summed E-state index contributed by atoms with van der Waals surface area (Å²) >= 11 is 1.36. The van der Waals surface area contributed by atoms with Crippen molar-refractivity contribution in [3.8, 4) is 5.19 Å². The predicted octanol–water partition coefficient (Wildman–Crippen LogP) is -0.238.